The number of nitrogens with zero attached hydrogens (tertiary/aromatic N) is 9. The lowest BCUT2D eigenvalue weighted by Gasteiger charge is -2.23. The number of aliphatic hydroxyl groups is 1. The Kier molecular flexibility index (Phi) is 20.1. The van der Waals surface area contributed by atoms with Gasteiger partial charge in [-0.05, 0) is 111 Å². The molecule has 0 spiro atoms. The van der Waals surface area contributed by atoms with Crippen molar-refractivity contribution >= 4 is 65.3 Å². The fraction of sp³-hybridized carbons (Fsp3) is 0.368. The minimum absolute atomic E-state index is 0.00352. The Balaban J connectivity index is 0.000000187. The molecule has 3 amide bonds. The van der Waals surface area contributed by atoms with E-state index in [-0.39, 0.29) is 66.0 Å². The summed E-state index contributed by atoms with van der Waals surface area (Å²) in [7, 11) is 0. The highest BCUT2D eigenvalue weighted by Gasteiger charge is 2.44. The van der Waals surface area contributed by atoms with Crippen molar-refractivity contribution in [2.75, 3.05) is 32.1 Å². The Morgan fingerprint density at radius 3 is 1.26 bits per heavy atom. The third-order valence-corrected chi connectivity index (χ3v) is 13.3. The molecule has 6 aromatic rings. The van der Waals surface area contributed by atoms with E-state index in [4.69, 9.17) is 11.6 Å². The molecule has 2 saturated carbocycles. The fourth-order valence-corrected chi connectivity index (χ4v) is 7.95. The first kappa shape index (κ1) is 58.2. The monoisotopic (exact) mass is 1070 g/mol. The second kappa shape index (κ2) is 26.6. The fourth-order valence-electron chi connectivity index (χ4n) is 7.74. The number of ketones is 3. The summed E-state index contributed by atoms with van der Waals surface area (Å²) < 4.78 is 4.43. The standard InChI is InChI=1S/C19H23ClN4O3.2C19H22N4O2/c1-13-6-14(2)8-15(7-13)17-22-12-24(23-17)5-4-16(26)9-21-18(27)19(3,10-20)11-25;1-13-8-14(2)10-15(9-13)17-21-12-23(22-17)7-4-16(24)11-20-18(25)19(3)5-6-19;1-13-8-14(2)10-16(9-13)18-21-12-23(22-18)7-6-17(24)11-20-19(25)15-4-3-5-15/h4-8,12,25H,9-11H2,1-3H3,(H,21,27);4,7-10,12H,5-6,11H2,1-3H3,(H,20,25);6-10,12,15H,3-5,11H2,1-2H3,(H,20,25)/b5-4-;7-4-;7-6-. The van der Waals surface area contributed by atoms with Gasteiger partial charge in [0.2, 0.25) is 17.7 Å². The largest absolute Gasteiger partial charge is 0.395 e. The maximum absolute atomic E-state index is 12.0. The molecule has 4 N–H and O–H groups in total. The molecule has 77 heavy (non-hydrogen) atoms. The summed E-state index contributed by atoms with van der Waals surface area (Å²) in [6.45, 7) is 15.0. The molecule has 2 aliphatic carbocycles. The van der Waals surface area contributed by atoms with Crippen LogP contribution in [0.25, 0.3) is 52.8 Å². The highest BCUT2D eigenvalue weighted by atomic mass is 35.5. The number of aryl methyl sites for hydroxylation is 6. The summed E-state index contributed by atoms with van der Waals surface area (Å²) in [5, 5.41) is 30.1. The van der Waals surface area contributed by atoms with Crippen molar-refractivity contribution in [2.24, 2.45) is 16.7 Å². The number of halogens is 1. The first-order valence-corrected chi connectivity index (χ1v) is 25.8. The van der Waals surface area contributed by atoms with E-state index in [1.54, 1.807) is 25.1 Å². The van der Waals surface area contributed by atoms with Crippen LogP contribution < -0.4 is 16.0 Å². The summed E-state index contributed by atoms with van der Waals surface area (Å²) in [6.07, 6.45) is 18.0. The molecule has 0 bridgehead atoms. The molecule has 0 aliphatic heterocycles. The SMILES string of the molecule is Cc1cc(C)cc(-c2ncn(/C=C\C(=O)CNC(=O)C(C)(CO)CCl)n2)c1.Cc1cc(C)cc(-c2ncn(/C=C\C(=O)CNC(=O)C3(C)CC3)n2)c1.Cc1cc(C)cc(-c2ncn(/C=C\C(=O)CNC(=O)C3CCC3)n2)c1. The van der Waals surface area contributed by atoms with Crippen LogP contribution in [0.3, 0.4) is 0 Å². The Labute approximate surface area is 453 Å². The van der Waals surface area contributed by atoms with Crippen LogP contribution in [0.1, 0.15) is 79.3 Å². The Hall–Kier alpha value is -8.03. The molecular weight excluding hydrogens is 1000 g/mol. The molecule has 20 heteroatoms. The Bertz CT molecular complexity index is 3130. The normalized spacial score (nSPS) is 14.4. The van der Waals surface area contributed by atoms with Crippen LogP contribution in [0.5, 0.6) is 0 Å². The van der Waals surface area contributed by atoms with Gasteiger partial charge >= 0.3 is 0 Å². The highest BCUT2D eigenvalue weighted by Crippen LogP contribution is 2.45. The van der Waals surface area contributed by atoms with E-state index >= 15 is 0 Å². The number of benzene rings is 3. The zero-order valence-electron chi connectivity index (χ0n) is 44.8. The number of amides is 3. The van der Waals surface area contributed by atoms with Gasteiger partial charge in [0.25, 0.3) is 0 Å². The van der Waals surface area contributed by atoms with Crippen LogP contribution in [0.2, 0.25) is 0 Å². The maximum atomic E-state index is 12.0. The second-order valence-electron chi connectivity index (χ2n) is 20.2. The van der Waals surface area contributed by atoms with E-state index in [0.29, 0.717) is 17.5 Å². The lowest BCUT2D eigenvalue weighted by molar-refractivity contribution is -0.132. The molecular formula is C57H67ClN12O7. The smallest absolute Gasteiger partial charge is 0.229 e. The van der Waals surface area contributed by atoms with Crippen molar-refractivity contribution in [3.8, 4) is 34.2 Å². The average molecular weight is 1070 g/mol. The zero-order chi connectivity index (χ0) is 55.9. The number of carbonyl (C=O) groups excluding carboxylic acids is 6. The highest BCUT2D eigenvalue weighted by molar-refractivity contribution is 6.20. The van der Waals surface area contributed by atoms with Crippen LogP contribution in [-0.2, 0) is 28.8 Å². The van der Waals surface area contributed by atoms with Gasteiger partial charge in [-0.3, -0.25) is 28.8 Å². The Morgan fingerprint density at radius 1 is 0.597 bits per heavy atom. The number of aliphatic hydroxyl groups excluding tert-OH is 1. The van der Waals surface area contributed by atoms with Gasteiger partial charge in [-0.2, -0.15) is 0 Å². The third-order valence-electron chi connectivity index (χ3n) is 12.7. The molecule has 3 aromatic heterocycles. The van der Waals surface area contributed by atoms with E-state index in [1.165, 1.54) is 51.7 Å². The molecule has 19 nitrogen and oxygen atoms in total. The number of rotatable bonds is 20. The van der Waals surface area contributed by atoms with Gasteiger partial charge in [0.15, 0.2) is 34.8 Å². The average Bonchev–Trinajstić information content (AvgIpc) is 3.77. The molecule has 1 atom stereocenters. The first-order valence-electron chi connectivity index (χ1n) is 25.3. The van der Waals surface area contributed by atoms with E-state index in [2.05, 4.69) is 64.4 Å². The molecule has 2 fully saturated rings. The number of hydrogen-bond donors (Lipinski definition) is 4. The number of alkyl halides is 1. The number of hydrogen-bond acceptors (Lipinski definition) is 13. The van der Waals surface area contributed by atoms with Crippen LogP contribution in [-0.4, -0.2) is 117 Å². The maximum Gasteiger partial charge on any atom is 0.229 e. The van der Waals surface area contributed by atoms with Crippen LogP contribution in [0, 0.1) is 58.3 Å². The Morgan fingerprint density at radius 2 is 0.948 bits per heavy atom. The van der Waals surface area contributed by atoms with Gasteiger partial charge in [0.1, 0.15) is 19.0 Å². The van der Waals surface area contributed by atoms with Gasteiger partial charge in [-0.25, -0.2) is 29.0 Å². The number of nitrogens with one attached hydrogen (secondary N) is 3. The lowest BCUT2D eigenvalue weighted by Crippen LogP contribution is -2.44. The topological polar surface area (TPSA) is 251 Å². The van der Waals surface area contributed by atoms with E-state index in [9.17, 15) is 33.9 Å². The number of aromatic nitrogens is 9. The van der Waals surface area contributed by atoms with Gasteiger partial charge < -0.3 is 21.1 Å². The summed E-state index contributed by atoms with van der Waals surface area (Å²) in [6, 6.07) is 18.3. The predicted molar refractivity (Wildman–Crippen MR) is 295 cm³/mol. The molecule has 8 rings (SSSR count). The van der Waals surface area contributed by atoms with E-state index in [0.717, 1.165) is 82.2 Å². The molecule has 404 valence electrons. The van der Waals surface area contributed by atoms with Crippen molar-refractivity contribution in [3.05, 3.63) is 125 Å². The van der Waals surface area contributed by atoms with Crippen LogP contribution in [0.15, 0.2) is 91.8 Å². The van der Waals surface area contributed by atoms with Gasteiger partial charge in [0.05, 0.1) is 31.7 Å². The summed E-state index contributed by atoms with van der Waals surface area (Å²) in [5.41, 5.74) is 8.26. The van der Waals surface area contributed by atoms with Gasteiger partial charge in [0, 0.05) is 70.7 Å². The van der Waals surface area contributed by atoms with Crippen molar-refractivity contribution in [3.63, 3.8) is 0 Å². The molecule has 3 heterocycles. The summed E-state index contributed by atoms with van der Waals surface area (Å²) in [4.78, 5) is 83.9. The van der Waals surface area contributed by atoms with Crippen LogP contribution >= 0.6 is 11.6 Å². The first-order chi connectivity index (χ1) is 36.6. The quantitative estimate of drug-likeness (QED) is 0.0445. The third kappa shape index (κ3) is 17.5. The minimum atomic E-state index is -1.11. The minimum Gasteiger partial charge on any atom is -0.395 e. The molecule has 1 unspecified atom stereocenters. The van der Waals surface area contributed by atoms with Crippen molar-refractivity contribution in [1.29, 1.82) is 0 Å². The molecule has 0 saturated heterocycles. The lowest BCUT2D eigenvalue weighted by atomic mass is 9.85. The molecule has 0 radical (unpaired) electrons. The summed E-state index contributed by atoms with van der Waals surface area (Å²) in [5.74, 6) is 0.623. The molecule has 3 aromatic carbocycles. The van der Waals surface area contributed by atoms with Crippen molar-refractivity contribution in [2.45, 2.75) is 87.5 Å². The molecule has 2 aliphatic rings. The van der Waals surface area contributed by atoms with Crippen LogP contribution in [0.4, 0.5) is 0 Å². The predicted octanol–water partition coefficient (Wildman–Crippen LogP) is 6.99. The van der Waals surface area contributed by atoms with E-state index in [1.807, 2.05) is 84.9 Å². The summed E-state index contributed by atoms with van der Waals surface area (Å²) >= 11 is 5.69. The van der Waals surface area contributed by atoms with Gasteiger partial charge in [-0.1, -0.05) is 64.9 Å². The number of carbonyl (C=O) groups is 6. The second-order valence-corrected chi connectivity index (χ2v) is 20.5. The van der Waals surface area contributed by atoms with Gasteiger partial charge in [-0.15, -0.1) is 26.9 Å². The van der Waals surface area contributed by atoms with Crippen molar-refractivity contribution in [1.82, 2.24) is 60.2 Å². The van der Waals surface area contributed by atoms with E-state index < -0.39 is 17.9 Å². The van der Waals surface area contributed by atoms with Crippen molar-refractivity contribution < 1.29 is 33.9 Å². The zero-order valence-corrected chi connectivity index (χ0v) is 45.6.